The van der Waals surface area contributed by atoms with Crippen LogP contribution in [0.5, 0.6) is 17.2 Å². The number of ether oxygens (including phenoxy) is 3. The fourth-order valence-electron chi connectivity index (χ4n) is 5.12. The summed E-state index contributed by atoms with van der Waals surface area (Å²) in [5.41, 5.74) is 1.31. The first kappa shape index (κ1) is 26.1. The van der Waals surface area contributed by atoms with Crippen molar-refractivity contribution in [3.05, 3.63) is 70.4 Å². The summed E-state index contributed by atoms with van der Waals surface area (Å²) in [7, 11) is 0. The second-order valence-electron chi connectivity index (χ2n) is 9.60. The third kappa shape index (κ3) is 6.13. The summed E-state index contributed by atoms with van der Waals surface area (Å²) in [6.07, 6.45) is 5.49. The van der Waals surface area contributed by atoms with Gasteiger partial charge in [0.15, 0.2) is 11.5 Å². The first-order valence-corrected chi connectivity index (χ1v) is 14.3. The second kappa shape index (κ2) is 12.3. The number of amides is 2. The Kier molecular flexibility index (Phi) is 8.48. The van der Waals surface area contributed by atoms with E-state index in [2.05, 4.69) is 5.32 Å². The fourth-order valence-corrected chi connectivity index (χ4v) is 5.82. The van der Waals surface area contributed by atoms with E-state index in [-0.39, 0.29) is 24.3 Å². The number of hydrogen-bond acceptors (Lipinski definition) is 6. The molecular weight excluding hydrogens is 500 g/mol. The lowest BCUT2D eigenvalue weighted by Crippen LogP contribution is -2.47. The van der Waals surface area contributed by atoms with Crippen LogP contribution in [-0.2, 0) is 16.0 Å². The van der Waals surface area contributed by atoms with E-state index in [1.165, 1.54) is 17.8 Å². The van der Waals surface area contributed by atoms with Crippen molar-refractivity contribution in [2.75, 3.05) is 24.7 Å². The zero-order valence-electron chi connectivity index (χ0n) is 21.7. The Morgan fingerprint density at radius 1 is 1.03 bits per heavy atom. The Morgan fingerprint density at radius 3 is 2.50 bits per heavy atom. The van der Waals surface area contributed by atoms with Crippen LogP contribution in [0.2, 0.25) is 0 Å². The van der Waals surface area contributed by atoms with E-state index in [4.69, 9.17) is 14.2 Å². The predicted molar refractivity (Wildman–Crippen MR) is 148 cm³/mol. The summed E-state index contributed by atoms with van der Waals surface area (Å²) in [4.78, 5) is 30.6. The third-order valence-electron chi connectivity index (χ3n) is 6.94. The average Bonchev–Trinajstić information content (AvgIpc) is 3.45. The molecule has 0 unspecified atom stereocenters. The van der Waals surface area contributed by atoms with Crippen LogP contribution in [0.15, 0.2) is 60.0 Å². The molecule has 2 aromatic carbocycles. The molecule has 7 nitrogen and oxygen atoms in total. The van der Waals surface area contributed by atoms with Crippen molar-refractivity contribution < 1.29 is 23.8 Å². The number of carbonyl (C=O) groups is 2. The van der Waals surface area contributed by atoms with E-state index < -0.39 is 6.04 Å². The Hall–Kier alpha value is -3.52. The molecule has 1 aliphatic carbocycles. The Morgan fingerprint density at radius 2 is 1.79 bits per heavy atom. The van der Waals surface area contributed by atoms with Crippen LogP contribution in [0.1, 0.15) is 55.5 Å². The van der Waals surface area contributed by atoms with Crippen LogP contribution in [0.25, 0.3) is 0 Å². The molecule has 1 saturated carbocycles. The zero-order valence-corrected chi connectivity index (χ0v) is 22.5. The van der Waals surface area contributed by atoms with Gasteiger partial charge in [0, 0.05) is 22.7 Å². The van der Waals surface area contributed by atoms with Crippen molar-refractivity contribution in [3.63, 3.8) is 0 Å². The van der Waals surface area contributed by atoms with Crippen molar-refractivity contribution in [1.82, 2.24) is 5.32 Å². The summed E-state index contributed by atoms with van der Waals surface area (Å²) >= 11 is 1.53. The van der Waals surface area contributed by atoms with Gasteiger partial charge in [-0.15, -0.1) is 11.3 Å². The van der Waals surface area contributed by atoms with Gasteiger partial charge in [-0.2, -0.15) is 0 Å². The van der Waals surface area contributed by atoms with Crippen molar-refractivity contribution in [3.8, 4) is 17.2 Å². The number of anilines is 1. The molecule has 5 rings (SSSR count). The van der Waals surface area contributed by atoms with Gasteiger partial charge in [0.25, 0.3) is 0 Å². The van der Waals surface area contributed by atoms with Crippen LogP contribution < -0.4 is 24.4 Å². The molecule has 0 bridgehead atoms. The molecule has 1 aliphatic heterocycles. The monoisotopic (exact) mass is 534 g/mol. The second-order valence-corrected chi connectivity index (χ2v) is 10.6. The van der Waals surface area contributed by atoms with Crippen LogP contribution in [0.4, 0.5) is 5.69 Å². The summed E-state index contributed by atoms with van der Waals surface area (Å²) in [5.74, 6) is 1.58. The highest BCUT2D eigenvalue weighted by molar-refractivity contribution is 7.10. The lowest BCUT2D eigenvalue weighted by molar-refractivity contribution is -0.127. The van der Waals surface area contributed by atoms with Crippen LogP contribution in [0, 0.1) is 0 Å². The van der Waals surface area contributed by atoms with Gasteiger partial charge in [0.05, 0.1) is 13.0 Å². The van der Waals surface area contributed by atoms with Crippen molar-refractivity contribution >= 4 is 28.8 Å². The largest absolute Gasteiger partial charge is 0.494 e. The first-order chi connectivity index (χ1) is 18.6. The number of nitrogens with zero attached hydrogens (tertiary/aromatic N) is 1. The van der Waals surface area contributed by atoms with Crippen molar-refractivity contribution in [2.24, 2.45) is 0 Å². The van der Waals surface area contributed by atoms with E-state index in [9.17, 15) is 9.59 Å². The van der Waals surface area contributed by atoms with Gasteiger partial charge in [-0.05, 0) is 61.0 Å². The summed E-state index contributed by atoms with van der Waals surface area (Å²) in [5, 5.41) is 5.22. The summed E-state index contributed by atoms with van der Waals surface area (Å²) < 4.78 is 17.2. The van der Waals surface area contributed by atoms with Crippen LogP contribution in [0.3, 0.4) is 0 Å². The number of rotatable bonds is 9. The molecule has 1 fully saturated rings. The maximum atomic E-state index is 14.0. The zero-order chi connectivity index (χ0) is 26.3. The molecule has 1 N–H and O–H groups in total. The topological polar surface area (TPSA) is 77.1 Å². The van der Waals surface area contributed by atoms with E-state index >= 15 is 0 Å². The molecule has 1 atom stereocenters. The van der Waals surface area contributed by atoms with Gasteiger partial charge in [-0.1, -0.05) is 37.5 Å². The molecule has 2 heterocycles. The normalized spacial score (nSPS) is 15.9. The average molecular weight is 535 g/mol. The van der Waals surface area contributed by atoms with Crippen LogP contribution in [-0.4, -0.2) is 37.7 Å². The highest BCUT2D eigenvalue weighted by Crippen LogP contribution is 2.38. The van der Waals surface area contributed by atoms with Gasteiger partial charge in [-0.25, -0.2) is 0 Å². The van der Waals surface area contributed by atoms with Crippen LogP contribution >= 0.6 is 11.3 Å². The van der Waals surface area contributed by atoms with E-state index in [1.807, 2.05) is 60.8 Å². The Bertz CT molecular complexity index is 1220. The number of thiophene rings is 1. The minimum Gasteiger partial charge on any atom is -0.494 e. The molecule has 0 radical (unpaired) electrons. The molecule has 8 heteroatoms. The molecule has 200 valence electrons. The Balaban J connectivity index is 1.55. The van der Waals surface area contributed by atoms with E-state index in [1.54, 1.807) is 11.0 Å². The van der Waals surface area contributed by atoms with Gasteiger partial charge < -0.3 is 19.5 Å². The van der Waals surface area contributed by atoms with Gasteiger partial charge in [0.2, 0.25) is 11.8 Å². The number of hydrogen-bond donors (Lipinski definition) is 1. The minimum absolute atomic E-state index is 0.107. The number of carbonyl (C=O) groups excluding carboxylic acids is 2. The minimum atomic E-state index is -0.859. The molecule has 0 spiro atoms. The first-order valence-electron chi connectivity index (χ1n) is 13.4. The molecular formula is C30H34N2O5S. The number of nitrogens with one attached hydrogen (secondary N) is 1. The molecule has 38 heavy (non-hydrogen) atoms. The summed E-state index contributed by atoms with van der Waals surface area (Å²) in [6.45, 7) is 3.39. The SMILES string of the molecule is CCOc1ccc([C@H](C(=O)NC2CCCCC2)N(C(=O)Cc2cccs2)c2ccc3c(c2)OCCO3)cc1. The van der Waals surface area contributed by atoms with Crippen molar-refractivity contribution in [2.45, 2.75) is 57.5 Å². The van der Waals surface area contributed by atoms with Gasteiger partial charge >= 0.3 is 0 Å². The molecule has 0 saturated heterocycles. The maximum absolute atomic E-state index is 14.0. The quantitative estimate of drug-likeness (QED) is 0.382. The standard InChI is InChI=1S/C30H34N2O5S/c1-2-35-24-13-10-21(11-14-24)29(30(34)31-22-7-4-3-5-8-22)32(28(33)20-25-9-6-18-38-25)23-12-15-26-27(19-23)37-17-16-36-26/h6,9-15,18-19,22,29H,2-5,7-8,16-17,20H2,1H3,(H,31,34)/t29-/m1/s1. The smallest absolute Gasteiger partial charge is 0.248 e. The highest BCUT2D eigenvalue weighted by Gasteiger charge is 2.35. The predicted octanol–water partition coefficient (Wildman–Crippen LogP) is 5.68. The molecule has 3 aromatic rings. The molecule has 2 aliphatic rings. The fraction of sp³-hybridized carbons (Fsp3) is 0.400. The van der Waals surface area contributed by atoms with Crippen molar-refractivity contribution in [1.29, 1.82) is 0 Å². The number of fused-ring (bicyclic) bond motifs is 1. The maximum Gasteiger partial charge on any atom is 0.248 e. The Labute approximate surface area is 227 Å². The van der Waals surface area contributed by atoms with E-state index in [0.717, 1.165) is 41.9 Å². The lowest BCUT2D eigenvalue weighted by atomic mass is 9.94. The van der Waals surface area contributed by atoms with E-state index in [0.29, 0.717) is 37.0 Å². The molecule has 1 aromatic heterocycles. The summed E-state index contributed by atoms with van der Waals surface area (Å²) in [6, 6.07) is 16.0. The third-order valence-corrected chi connectivity index (χ3v) is 7.82. The van der Waals surface area contributed by atoms with Gasteiger partial charge in [-0.3, -0.25) is 14.5 Å². The lowest BCUT2D eigenvalue weighted by Gasteiger charge is -2.34. The highest BCUT2D eigenvalue weighted by atomic mass is 32.1. The molecule has 2 amide bonds. The van der Waals surface area contributed by atoms with Gasteiger partial charge in [0.1, 0.15) is 25.0 Å². The number of benzene rings is 2.